The van der Waals surface area contributed by atoms with Gasteiger partial charge in [0.25, 0.3) is 0 Å². The summed E-state index contributed by atoms with van der Waals surface area (Å²) in [6.45, 7) is 0. The van der Waals surface area contributed by atoms with E-state index >= 15 is 0 Å². The standard InChI is InChI=1S/C8H5BrClNO4/c1-15-8(12)4-2-3-5(9)7(6(4)10)11(13)14/h2-3H,1H3. The smallest absolute Gasteiger partial charge is 0.339 e. The average Bonchev–Trinajstić information content (AvgIpc) is 2.16. The Balaban J connectivity index is 3.41. The van der Waals surface area contributed by atoms with Crippen LogP contribution in [0.2, 0.25) is 5.02 Å². The fourth-order valence-electron chi connectivity index (χ4n) is 0.976. The van der Waals surface area contributed by atoms with Crippen molar-refractivity contribution in [2.75, 3.05) is 7.11 Å². The molecule has 7 heteroatoms. The second-order valence-electron chi connectivity index (χ2n) is 2.51. The molecule has 0 fully saturated rings. The second-order valence-corrected chi connectivity index (χ2v) is 3.74. The van der Waals surface area contributed by atoms with Crippen molar-refractivity contribution in [2.45, 2.75) is 0 Å². The lowest BCUT2D eigenvalue weighted by Crippen LogP contribution is -2.04. The van der Waals surface area contributed by atoms with Gasteiger partial charge in [-0.05, 0) is 28.1 Å². The molecule has 0 aliphatic carbocycles. The van der Waals surface area contributed by atoms with Gasteiger partial charge in [0.15, 0.2) is 0 Å². The van der Waals surface area contributed by atoms with E-state index in [2.05, 4.69) is 20.7 Å². The van der Waals surface area contributed by atoms with Crippen molar-refractivity contribution >= 4 is 39.2 Å². The molecule has 0 aliphatic heterocycles. The predicted octanol–water partition coefficient (Wildman–Crippen LogP) is 2.80. The maximum Gasteiger partial charge on any atom is 0.339 e. The highest BCUT2D eigenvalue weighted by Crippen LogP contribution is 2.35. The van der Waals surface area contributed by atoms with Crippen LogP contribution >= 0.6 is 27.5 Å². The highest BCUT2D eigenvalue weighted by molar-refractivity contribution is 9.10. The monoisotopic (exact) mass is 293 g/mol. The van der Waals surface area contributed by atoms with E-state index in [-0.39, 0.29) is 20.7 Å². The quantitative estimate of drug-likeness (QED) is 0.478. The maximum absolute atomic E-state index is 11.2. The van der Waals surface area contributed by atoms with Crippen molar-refractivity contribution in [3.63, 3.8) is 0 Å². The third-order valence-corrected chi connectivity index (χ3v) is 2.68. The number of hydrogen-bond acceptors (Lipinski definition) is 4. The van der Waals surface area contributed by atoms with E-state index in [1.807, 2.05) is 0 Å². The Hall–Kier alpha value is -1.14. The molecule has 0 N–H and O–H groups in total. The Labute approximate surface area is 98.3 Å². The second kappa shape index (κ2) is 4.59. The third-order valence-electron chi connectivity index (χ3n) is 1.65. The van der Waals surface area contributed by atoms with Gasteiger partial charge in [-0.25, -0.2) is 4.79 Å². The highest BCUT2D eigenvalue weighted by atomic mass is 79.9. The predicted molar refractivity (Wildman–Crippen MR) is 57.1 cm³/mol. The van der Waals surface area contributed by atoms with Crippen LogP contribution in [0.4, 0.5) is 5.69 Å². The van der Waals surface area contributed by atoms with E-state index in [4.69, 9.17) is 11.6 Å². The van der Waals surface area contributed by atoms with Crippen LogP contribution in [0.1, 0.15) is 10.4 Å². The molecule has 0 spiro atoms. The van der Waals surface area contributed by atoms with Crippen molar-refractivity contribution in [1.82, 2.24) is 0 Å². The van der Waals surface area contributed by atoms with E-state index in [1.165, 1.54) is 19.2 Å². The molecule has 0 atom stereocenters. The number of benzene rings is 1. The van der Waals surface area contributed by atoms with E-state index in [0.717, 1.165) is 0 Å². The summed E-state index contributed by atoms with van der Waals surface area (Å²) in [5.74, 6) is -0.712. The zero-order valence-corrected chi connectivity index (χ0v) is 9.83. The van der Waals surface area contributed by atoms with E-state index in [9.17, 15) is 14.9 Å². The minimum absolute atomic E-state index is 0.0333. The largest absolute Gasteiger partial charge is 0.465 e. The summed E-state index contributed by atoms with van der Waals surface area (Å²) in [6.07, 6.45) is 0. The molecule has 80 valence electrons. The summed E-state index contributed by atoms with van der Waals surface area (Å²) in [7, 11) is 1.17. The van der Waals surface area contributed by atoms with Crippen LogP contribution in [-0.4, -0.2) is 18.0 Å². The molecule has 0 radical (unpaired) electrons. The molecule has 1 aromatic carbocycles. The van der Waals surface area contributed by atoms with Gasteiger partial charge in [-0.3, -0.25) is 10.1 Å². The summed E-state index contributed by atoms with van der Waals surface area (Å²) < 4.78 is 4.64. The normalized spacial score (nSPS) is 9.80. The summed E-state index contributed by atoms with van der Waals surface area (Å²) in [4.78, 5) is 21.2. The molecule has 5 nitrogen and oxygen atoms in total. The number of hydrogen-bond donors (Lipinski definition) is 0. The molecule has 0 amide bonds. The summed E-state index contributed by atoms with van der Waals surface area (Å²) >= 11 is 8.68. The number of halogens is 2. The molecular formula is C8H5BrClNO4. The van der Waals surface area contributed by atoms with Crippen molar-refractivity contribution < 1.29 is 14.5 Å². The number of ether oxygens (including phenoxy) is 1. The Kier molecular flexibility index (Phi) is 3.65. The zero-order chi connectivity index (χ0) is 11.6. The Morgan fingerprint density at radius 1 is 1.60 bits per heavy atom. The minimum Gasteiger partial charge on any atom is -0.465 e. The first-order valence-electron chi connectivity index (χ1n) is 3.69. The van der Waals surface area contributed by atoms with E-state index in [1.54, 1.807) is 0 Å². The van der Waals surface area contributed by atoms with Gasteiger partial charge in [0, 0.05) is 0 Å². The van der Waals surface area contributed by atoms with Gasteiger partial charge in [0.05, 0.1) is 22.1 Å². The van der Waals surface area contributed by atoms with Gasteiger partial charge in [-0.15, -0.1) is 0 Å². The van der Waals surface area contributed by atoms with Crippen LogP contribution in [0.25, 0.3) is 0 Å². The number of nitro groups is 1. The molecule has 0 heterocycles. The first kappa shape index (κ1) is 11.9. The molecule has 1 aromatic rings. The number of carbonyl (C=O) groups is 1. The van der Waals surface area contributed by atoms with Crippen molar-refractivity contribution in [3.05, 3.63) is 37.3 Å². The van der Waals surface area contributed by atoms with E-state index in [0.29, 0.717) is 0 Å². The molecule has 1 rings (SSSR count). The van der Waals surface area contributed by atoms with Gasteiger partial charge in [-0.1, -0.05) is 11.6 Å². The lowest BCUT2D eigenvalue weighted by molar-refractivity contribution is -0.385. The Morgan fingerprint density at radius 3 is 2.67 bits per heavy atom. The molecule has 0 aliphatic rings. The van der Waals surface area contributed by atoms with Gasteiger partial charge >= 0.3 is 11.7 Å². The zero-order valence-electron chi connectivity index (χ0n) is 7.49. The average molecular weight is 294 g/mol. The molecule has 0 bridgehead atoms. The molecule has 0 aromatic heterocycles. The Bertz CT molecular complexity index is 435. The van der Waals surface area contributed by atoms with Gasteiger partial charge < -0.3 is 4.74 Å². The maximum atomic E-state index is 11.2. The first-order valence-corrected chi connectivity index (χ1v) is 4.86. The molecule has 0 unspecified atom stereocenters. The molecular weight excluding hydrogens is 289 g/mol. The van der Waals surface area contributed by atoms with Crippen molar-refractivity contribution in [1.29, 1.82) is 0 Å². The fourth-order valence-corrected chi connectivity index (χ4v) is 1.88. The SMILES string of the molecule is COC(=O)c1ccc(Br)c([N+](=O)[O-])c1Cl. The molecule has 0 saturated heterocycles. The fraction of sp³-hybridized carbons (Fsp3) is 0.125. The third kappa shape index (κ3) is 2.27. The van der Waals surface area contributed by atoms with Gasteiger partial charge in [0.2, 0.25) is 0 Å². The van der Waals surface area contributed by atoms with Crippen LogP contribution in [0.5, 0.6) is 0 Å². The number of nitro benzene ring substituents is 1. The lowest BCUT2D eigenvalue weighted by Gasteiger charge is -2.03. The van der Waals surface area contributed by atoms with Crippen LogP contribution in [0, 0.1) is 10.1 Å². The first-order chi connectivity index (χ1) is 6.99. The van der Waals surface area contributed by atoms with E-state index < -0.39 is 10.9 Å². The topological polar surface area (TPSA) is 69.4 Å². The Morgan fingerprint density at radius 2 is 2.20 bits per heavy atom. The van der Waals surface area contributed by atoms with Crippen molar-refractivity contribution in [3.8, 4) is 0 Å². The number of esters is 1. The summed E-state index contributed by atoms with van der Waals surface area (Å²) in [5.41, 5.74) is -0.381. The minimum atomic E-state index is -0.712. The summed E-state index contributed by atoms with van der Waals surface area (Å²) in [5, 5.41) is 10.4. The number of nitrogens with zero attached hydrogens (tertiary/aromatic N) is 1. The van der Waals surface area contributed by atoms with Crippen LogP contribution in [-0.2, 0) is 4.74 Å². The molecule has 15 heavy (non-hydrogen) atoms. The van der Waals surface area contributed by atoms with Crippen LogP contribution < -0.4 is 0 Å². The lowest BCUT2D eigenvalue weighted by atomic mass is 10.2. The van der Waals surface area contributed by atoms with Gasteiger partial charge in [-0.2, -0.15) is 0 Å². The number of carbonyl (C=O) groups excluding carboxylic acids is 1. The van der Waals surface area contributed by atoms with Crippen LogP contribution in [0.3, 0.4) is 0 Å². The molecule has 0 saturated carbocycles. The van der Waals surface area contributed by atoms with Crippen molar-refractivity contribution in [2.24, 2.45) is 0 Å². The summed E-state index contributed by atoms with van der Waals surface area (Å²) in [6, 6.07) is 2.72. The highest BCUT2D eigenvalue weighted by Gasteiger charge is 2.24. The number of rotatable bonds is 2. The van der Waals surface area contributed by atoms with Gasteiger partial charge in [0.1, 0.15) is 5.02 Å². The van der Waals surface area contributed by atoms with Crippen LogP contribution in [0.15, 0.2) is 16.6 Å². The number of methoxy groups -OCH3 is 1.